The van der Waals surface area contributed by atoms with E-state index in [2.05, 4.69) is 9.84 Å². The topological polar surface area (TPSA) is 62.1 Å². The number of hydrogen-bond donors (Lipinski definition) is 1. The molecule has 0 unspecified atom stereocenters. The van der Waals surface area contributed by atoms with Crippen LogP contribution in [0.1, 0.15) is 12.0 Å². The second kappa shape index (κ2) is 5.18. The number of benzene rings is 1. The Balaban J connectivity index is 2.27. The number of aryl methyl sites for hydroxylation is 1. The first-order valence-corrected chi connectivity index (χ1v) is 5.78. The van der Waals surface area contributed by atoms with E-state index >= 15 is 0 Å². The molecule has 1 aliphatic rings. The van der Waals surface area contributed by atoms with Crippen LogP contribution in [0.15, 0.2) is 29.4 Å². The number of carbonyl (C=O) groups is 1. The van der Waals surface area contributed by atoms with Gasteiger partial charge in [0.25, 0.3) is 0 Å². The molecule has 2 rings (SSSR count). The van der Waals surface area contributed by atoms with Crippen molar-refractivity contribution in [1.82, 2.24) is 0 Å². The molecule has 96 valence electrons. The van der Waals surface area contributed by atoms with Crippen molar-refractivity contribution in [3.8, 4) is 0 Å². The van der Waals surface area contributed by atoms with E-state index in [0.717, 1.165) is 11.3 Å². The molecule has 0 fully saturated rings. The molecule has 0 amide bonds. The molecule has 0 aliphatic carbocycles. The highest BCUT2D eigenvalue weighted by Gasteiger charge is 2.31. The van der Waals surface area contributed by atoms with Crippen molar-refractivity contribution >= 4 is 17.4 Å². The number of hydrogen-bond acceptors (Lipinski definition) is 5. The summed E-state index contributed by atoms with van der Waals surface area (Å²) in [6.07, 6.45) is 0.400. The van der Waals surface area contributed by atoms with Crippen LogP contribution in [-0.4, -0.2) is 36.5 Å². The average molecular weight is 248 g/mol. The predicted molar refractivity (Wildman–Crippen MR) is 68.6 cm³/mol. The normalized spacial score (nSPS) is 18.7. The van der Waals surface area contributed by atoms with Crippen LogP contribution in [0.5, 0.6) is 0 Å². The minimum Gasteiger partial charge on any atom is -0.464 e. The van der Waals surface area contributed by atoms with Crippen molar-refractivity contribution in [1.29, 1.82) is 0 Å². The third-order valence-electron chi connectivity index (χ3n) is 2.93. The molecule has 18 heavy (non-hydrogen) atoms. The maximum absolute atomic E-state index is 11.4. The molecule has 1 N–H and O–H groups in total. The van der Waals surface area contributed by atoms with E-state index in [4.69, 9.17) is 0 Å². The average Bonchev–Trinajstić information content (AvgIpc) is 2.83. The standard InChI is InChI=1S/C13H16N2O3/c1-9-3-5-10(6-4-9)15-11(8-16)7-12(14-15)13(17)18-2/h3-6,11,16H,7-8H2,1-2H3/t11-/m0/s1. The maximum Gasteiger partial charge on any atom is 0.354 e. The predicted octanol–water partition coefficient (Wildman–Crippen LogP) is 1.10. The smallest absolute Gasteiger partial charge is 0.354 e. The van der Waals surface area contributed by atoms with Crippen molar-refractivity contribution in [3.05, 3.63) is 29.8 Å². The lowest BCUT2D eigenvalue weighted by atomic mass is 10.1. The van der Waals surface area contributed by atoms with Crippen molar-refractivity contribution in [3.63, 3.8) is 0 Å². The van der Waals surface area contributed by atoms with E-state index in [-0.39, 0.29) is 12.6 Å². The molecule has 1 heterocycles. The zero-order valence-electron chi connectivity index (χ0n) is 10.5. The molecule has 5 nitrogen and oxygen atoms in total. The van der Waals surface area contributed by atoms with Gasteiger partial charge in [-0.05, 0) is 19.1 Å². The quantitative estimate of drug-likeness (QED) is 0.813. The minimum absolute atomic E-state index is 0.0577. The van der Waals surface area contributed by atoms with Crippen LogP contribution < -0.4 is 5.01 Å². The summed E-state index contributed by atoms with van der Waals surface area (Å²) in [7, 11) is 1.33. The molecule has 1 aromatic rings. The molecule has 0 aromatic heterocycles. The zero-order valence-corrected chi connectivity index (χ0v) is 10.5. The Bertz CT molecular complexity index is 468. The first kappa shape index (κ1) is 12.6. The monoisotopic (exact) mass is 248 g/mol. The van der Waals surface area contributed by atoms with Gasteiger partial charge in [-0.25, -0.2) is 4.79 Å². The summed E-state index contributed by atoms with van der Waals surface area (Å²) in [5.41, 5.74) is 2.35. The van der Waals surface area contributed by atoms with Gasteiger partial charge in [0, 0.05) is 6.42 Å². The van der Waals surface area contributed by atoms with Gasteiger partial charge in [0.1, 0.15) is 5.71 Å². The van der Waals surface area contributed by atoms with Crippen molar-refractivity contribution in [2.75, 3.05) is 18.7 Å². The van der Waals surface area contributed by atoms with E-state index in [0.29, 0.717) is 12.1 Å². The lowest BCUT2D eigenvalue weighted by Crippen LogP contribution is -2.29. The Morgan fingerprint density at radius 2 is 2.17 bits per heavy atom. The van der Waals surface area contributed by atoms with Crippen LogP contribution in [0.4, 0.5) is 5.69 Å². The molecule has 0 saturated heterocycles. The number of aliphatic hydroxyl groups excluding tert-OH is 1. The van der Waals surface area contributed by atoms with Crippen molar-refractivity contribution in [2.24, 2.45) is 5.10 Å². The molecule has 1 aliphatic heterocycles. The van der Waals surface area contributed by atoms with Gasteiger partial charge in [-0.2, -0.15) is 5.10 Å². The highest BCUT2D eigenvalue weighted by atomic mass is 16.5. The fourth-order valence-corrected chi connectivity index (χ4v) is 1.91. The van der Waals surface area contributed by atoms with Crippen LogP contribution >= 0.6 is 0 Å². The van der Waals surface area contributed by atoms with Gasteiger partial charge in [0.15, 0.2) is 0 Å². The lowest BCUT2D eigenvalue weighted by Gasteiger charge is -2.21. The Labute approximate surface area is 106 Å². The van der Waals surface area contributed by atoms with Gasteiger partial charge >= 0.3 is 5.97 Å². The van der Waals surface area contributed by atoms with Gasteiger partial charge in [-0.15, -0.1) is 0 Å². The minimum atomic E-state index is -0.442. The first-order chi connectivity index (χ1) is 8.65. The zero-order chi connectivity index (χ0) is 13.1. The summed E-state index contributed by atoms with van der Waals surface area (Å²) in [4.78, 5) is 11.4. The maximum atomic E-state index is 11.4. The number of carbonyl (C=O) groups excluding carboxylic acids is 1. The summed E-state index contributed by atoms with van der Waals surface area (Å²) in [6, 6.07) is 7.57. The number of aliphatic hydroxyl groups is 1. The highest BCUT2D eigenvalue weighted by Crippen LogP contribution is 2.24. The van der Waals surface area contributed by atoms with E-state index < -0.39 is 5.97 Å². The summed E-state index contributed by atoms with van der Waals surface area (Å²) in [5.74, 6) is -0.442. The lowest BCUT2D eigenvalue weighted by molar-refractivity contribution is -0.132. The fourth-order valence-electron chi connectivity index (χ4n) is 1.91. The Morgan fingerprint density at radius 1 is 1.50 bits per heavy atom. The molecule has 0 spiro atoms. The Morgan fingerprint density at radius 3 is 2.72 bits per heavy atom. The molecule has 0 saturated carbocycles. The van der Waals surface area contributed by atoms with Crippen LogP contribution in [0.25, 0.3) is 0 Å². The van der Waals surface area contributed by atoms with Crippen molar-refractivity contribution < 1.29 is 14.6 Å². The molecular weight excluding hydrogens is 232 g/mol. The first-order valence-electron chi connectivity index (χ1n) is 5.78. The largest absolute Gasteiger partial charge is 0.464 e. The van der Waals surface area contributed by atoms with Crippen molar-refractivity contribution in [2.45, 2.75) is 19.4 Å². The van der Waals surface area contributed by atoms with Gasteiger partial charge < -0.3 is 9.84 Å². The Hall–Kier alpha value is -1.88. The summed E-state index contributed by atoms with van der Waals surface area (Å²) in [6.45, 7) is 1.94. The van der Waals surface area contributed by atoms with Gasteiger partial charge in [0.2, 0.25) is 0 Å². The van der Waals surface area contributed by atoms with E-state index in [1.807, 2.05) is 31.2 Å². The van der Waals surface area contributed by atoms with Crippen LogP contribution in [0.3, 0.4) is 0 Å². The van der Waals surface area contributed by atoms with Gasteiger partial charge in [-0.1, -0.05) is 17.7 Å². The number of esters is 1. The fraction of sp³-hybridized carbons (Fsp3) is 0.385. The third kappa shape index (κ3) is 2.36. The molecule has 0 radical (unpaired) electrons. The van der Waals surface area contributed by atoms with Crippen LogP contribution in [-0.2, 0) is 9.53 Å². The summed E-state index contributed by atoms with van der Waals surface area (Å²) in [5, 5.41) is 15.3. The number of methoxy groups -OCH3 is 1. The van der Waals surface area contributed by atoms with Gasteiger partial charge in [-0.3, -0.25) is 5.01 Å². The van der Waals surface area contributed by atoms with E-state index in [1.165, 1.54) is 7.11 Å². The molecule has 1 aromatic carbocycles. The number of anilines is 1. The van der Waals surface area contributed by atoms with E-state index in [1.54, 1.807) is 5.01 Å². The van der Waals surface area contributed by atoms with Crippen LogP contribution in [0, 0.1) is 6.92 Å². The summed E-state index contributed by atoms with van der Waals surface area (Å²) < 4.78 is 4.65. The van der Waals surface area contributed by atoms with Gasteiger partial charge in [0.05, 0.1) is 25.4 Å². The second-order valence-corrected chi connectivity index (χ2v) is 4.26. The molecule has 0 bridgehead atoms. The van der Waals surface area contributed by atoms with E-state index in [9.17, 15) is 9.90 Å². The molecule has 1 atom stereocenters. The SMILES string of the molecule is COC(=O)C1=NN(c2ccc(C)cc2)[C@H](CO)C1. The second-order valence-electron chi connectivity index (χ2n) is 4.26. The molecular formula is C13H16N2O3. The highest BCUT2D eigenvalue weighted by molar-refractivity contribution is 6.37. The third-order valence-corrected chi connectivity index (χ3v) is 2.93. The number of hydrazone groups is 1. The number of nitrogens with zero attached hydrogens (tertiary/aromatic N) is 2. The molecule has 5 heteroatoms. The van der Waals surface area contributed by atoms with Crippen LogP contribution in [0.2, 0.25) is 0 Å². The number of rotatable bonds is 3. The number of ether oxygens (including phenoxy) is 1. The summed E-state index contributed by atoms with van der Waals surface area (Å²) >= 11 is 0. The Kier molecular flexibility index (Phi) is 3.62.